The highest BCUT2D eigenvalue weighted by atomic mass is 16.4. The van der Waals surface area contributed by atoms with Gasteiger partial charge in [0.05, 0.1) is 16.7 Å². The molecule has 0 amide bonds. The van der Waals surface area contributed by atoms with Crippen LogP contribution >= 0.6 is 0 Å². The van der Waals surface area contributed by atoms with Gasteiger partial charge in [0.1, 0.15) is 0 Å². The molecule has 3 N–H and O–H groups in total. The van der Waals surface area contributed by atoms with Crippen molar-refractivity contribution in [1.29, 1.82) is 0 Å². The summed E-state index contributed by atoms with van der Waals surface area (Å²) in [6.45, 7) is 3.92. The van der Waals surface area contributed by atoms with Gasteiger partial charge in [-0.25, -0.2) is 14.4 Å². The summed E-state index contributed by atoms with van der Waals surface area (Å²) in [7, 11) is 0. The first-order valence-electron chi connectivity index (χ1n) is 8.23. The minimum Gasteiger partial charge on any atom is -0.478 e. The molecule has 0 aromatic heterocycles. The van der Waals surface area contributed by atoms with E-state index in [9.17, 15) is 29.7 Å². The Morgan fingerprint density at radius 2 is 1.38 bits per heavy atom. The topological polar surface area (TPSA) is 112 Å². The van der Waals surface area contributed by atoms with Crippen molar-refractivity contribution in [1.82, 2.24) is 0 Å². The van der Waals surface area contributed by atoms with Gasteiger partial charge in [-0.15, -0.1) is 0 Å². The van der Waals surface area contributed by atoms with E-state index in [2.05, 4.69) is 0 Å². The number of unbranched alkanes of at least 4 members (excludes halogenated alkanes) is 3. The van der Waals surface area contributed by atoms with Crippen LogP contribution in [0.1, 0.15) is 88.2 Å². The third kappa shape index (κ3) is 4.57. The second kappa shape index (κ2) is 9.05. The third-order valence-electron chi connectivity index (χ3n) is 4.00. The number of aromatic carboxylic acids is 3. The zero-order valence-electron chi connectivity index (χ0n) is 14.1. The lowest BCUT2D eigenvalue weighted by Gasteiger charge is -2.17. The lowest BCUT2D eigenvalue weighted by molar-refractivity contribution is 0.0647. The molecule has 0 heterocycles. The summed E-state index contributed by atoms with van der Waals surface area (Å²) in [6, 6.07) is 1.22. The molecule has 0 bridgehead atoms. The molecule has 24 heavy (non-hydrogen) atoms. The lowest BCUT2D eigenvalue weighted by atomic mass is 9.86. The van der Waals surface area contributed by atoms with E-state index in [4.69, 9.17) is 0 Å². The summed E-state index contributed by atoms with van der Waals surface area (Å²) in [6.07, 6.45) is 4.58. The zero-order valence-corrected chi connectivity index (χ0v) is 14.1. The SMILES string of the molecule is CCCCCc1cc(C(=O)O)c(C(=O)O)c(CCCC)c1C(=O)O. The van der Waals surface area contributed by atoms with Gasteiger partial charge in [0, 0.05) is 0 Å². The number of carbonyl (C=O) groups is 3. The molecular formula is C18H24O6. The Bertz CT molecular complexity index is 633. The molecule has 0 aliphatic rings. The largest absolute Gasteiger partial charge is 0.478 e. The molecule has 0 aliphatic carbocycles. The Morgan fingerprint density at radius 3 is 1.83 bits per heavy atom. The fourth-order valence-corrected chi connectivity index (χ4v) is 2.85. The molecule has 6 heteroatoms. The Labute approximate surface area is 141 Å². The van der Waals surface area contributed by atoms with Gasteiger partial charge in [0.25, 0.3) is 0 Å². The average molecular weight is 336 g/mol. The lowest BCUT2D eigenvalue weighted by Crippen LogP contribution is -2.18. The summed E-state index contributed by atoms with van der Waals surface area (Å²) in [5.41, 5.74) is -0.229. The van der Waals surface area contributed by atoms with Crippen LogP contribution in [0.25, 0.3) is 0 Å². The van der Waals surface area contributed by atoms with E-state index >= 15 is 0 Å². The van der Waals surface area contributed by atoms with Crippen LogP contribution in [-0.2, 0) is 12.8 Å². The molecule has 1 aromatic carbocycles. The summed E-state index contributed by atoms with van der Waals surface area (Å²) < 4.78 is 0. The number of benzene rings is 1. The van der Waals surface area contributed by atoms with E-state index in [1.165, 1.54) is 6.07 Å². The number of hydrogen-bond acceptors (Lipinski definition) is 3. The molecule has 0 radical (unpaired) electrons. The predicted octanol–water partition coefficient (Wildman–Crippen LogP) is 3.86. The standard InChI is InChI=1S/C18H24O6/c1-3-5-7-8-11-10-13(16(19)20)15(18(23)24)12(9-6-4-2)14(11)17(21)22/h10H,3-9H2,1-2H3,(H,19,20)(H,21,22)(H,23,24). The fraction of sp³-hybridized carbons (Fsp3) is 0.500. The van der Waals surface area contributed by atoms with Crippen LogP contribution in [0, 0.1) is 0 Å². The van der Waals surface area contributed by atoms with Gasteiger partial charge in [-0.05, 0) is 42.9 Å². The smallest absolute Gasteiger partial charge is 0.336 e. The van der Waals surface area contributed by atoms with Crippen molar-refractivity contribution in [3.8, 4) is 0 Å². The van der Waals surface area contributed by atoms with Crippen LogP contribution < -0.4 is 0 Å². The van der Waals surface area contributed by atoms with E-state index in [0.717, 1.165) is 25.7 Å². The first-order valence-corrected chi connectivity index (χ1v) is 8.23. The number of aryl methyl sites for hydroxylation is 1. The second-order valence-electron chi connectivity index (χ2n) is 5.79. The fourth-order valence-electron chi connectivity index (χ4n) is 2.85. The highest BCUT2D eigenvalue weighted by molar-refractivity contribution is 6.06. The van der Waals surface area contributed by atoms with E-state index < -0.39 is 23.5 Å². The molecule has 0 unspecified atom stereocenters. The quantitative estimate of drug-likeness (QED) is 0.559. The van der Waals surface area contributed by atoms with Gasteiger partial charge in [-0.3, -0.25) is 0 Å². The predicted molar refractivity (Wildman–Crippen MR) is 89.2 cm³/mol. The van der Waals surface area contributed by atoms with Crippen molar-refractivity contribution in [3.05, 3.63) is 33.9 Å². The first-order chi connectivity index (χ1) is 11.3. The van der Waals surface area contributed by atoms with E-state index in [0.29, 0.717) is 18.4 Å². The summed E-state index contributed by atoms with van der Waals surface area (Å²) in [5.74, 6) is -3.95. The maximum absolute atomic E-state index is 11.8. The van der Waals surface area contributed by atoms with E-state index in [1.807, 2.05) is 13.8 Å². The van der Waals surface area contributed by atoms with Crippen molar-refractivity contribution >= 4 is 17.9 Å². The molecule has 1 rings (SSSR count). The Balaban J connectivity index is 3.64. The van der Waals surface area contributed by atoms with Gasteiger partial charge in [0.2, 0.25) is 0 Å². The van der Waals surface area contributed by atoms with E-state index in [-0.39, 0.29) is 23.1 Å². The van der Waals surface area contributed by atoms with Crippen molar-refractivity contribution in [2.24, 2.45) is 0 Å². The van der Waals surface area contributed by atoms with E-state index in [1.54, 1.807) is 0 Å². The van der Waals surface area contributed by atoms with Crippen LogP contribution in [0.15, 0.2) is 6.07 Å². The highest BCUT2D eigenvalue weighted by Gasteiger charge is 2.28. The maximum Gasteiger partial charge on any atom is 0.336 e. The molecule has 1 aromatic rings. The van der Waals surface area contributed by atoms with Gasteiger partial charge < -0.3 is 15.3 Å². The van der Waals surface area contributed by atoms with Gasteiger partial charge in [-0.1, -0.05) is 33.1 Å². The minimum absolute atomic E-state index is 0.0399. The average Bonchev–Trinajstić information content (AvgIpc) is 2.51. The zero-order chi connectivity index (χ0) is 18.3. The molecule has 0 saturated heterocycles. The Morgan fingerprint density at radius 1 is 0.792 bits per heavy atom. The maximum atomic E-state index is 11.8. The second-order valence-corrected chi connectivity index (χ2v) is 5.79. The van der Waals surface area contributed by atoms with Crippen LogP contribution in [0.5, 0.6) is 0 Å². The monoisotopic (exact) mass is 336 g/mol. The van der Waals surface area contributed by atoms with Crippen molar-refractivity contribution in [3.63, 3.8) is 0 Å². The molecule has 0 spiro atoms. The number of carboxylic acid groups (broad SMARTS) is 3. The number of rotatable bonds is 10. The third-order valence-corrected chi connectivity index (χ3v) is 4.00. The van der Waals surface area contributed by atoms with Crippen molar-refractivity contribution in [2.45, 2.75) is 58.8 Å². The molecule has 0 atom stereocenters. The van der Waals surface area contributed by atoms with Gasteiger partial charge in [-0.2, -0.15) is 0 Å². The summed E-state index contributed by atoms with van der Waals surface area (Å²) in [5, 5.41) is 28.4. The highest BCUT2D eigenvalue weighted by Crippen LogP contribution is 2.27. The summed E-state index contributed by atoms with van der Waals surface area (Å²) in [4.78, 5) is 34.9. The number of hydrogen-bond donors (Lipinski definition) is 3. The molecule has 0 aliphatic heterocycles. The minimum atomic E-state index is -1.40. The molecule has 0 saturated carbocycles. The van der Waals surface area contributed by atoms with Gasteiger partial charge >= 0.3 is 17.9 Å². The van der Waals surface area contributed by atoms with Crippen LogP contribution in [-0.4, -0.2) is 33.2 Å². The van der Waals surface area contributed by atoms with Crippen LogP contribution in [0.2, 0.25) is 0 Å². The molecular weight excluding hydrogens is 312 g/mol. The summed E-state index contributed by atoms with van der Waals surface area (Å²) >= 11 is 0. The molecule has 6 nitrogen and oxygen atoms in total. The normalized spacial score (nSPS) is 10.6. The number of carboxylic acids is 3. The van der Waals surface area contributed by atoms with Gasteiger partial charge in [0.15, 0.2) is 0 Å². The first kappa shape index (κ1) is 19.7. The van der Waals surface area contributed by atoms with Crippen LogP contribution in [0.3, 0.4) is 0 Å². The Hall–Kier alpha value is -2.37. The Kier molecular flexibility index (Phi) is 7.42. The molecule has 132 valence electrons. The van der Waals surface area contributed by atoms with Crippen LogP contribution in [0.4, 0.5) is 0 Å². The van der Waals surface area contributed by atoms with Crippen molar-refractivity contribution in [2.75, 3.05) is 0 Å². The van der Waals surface area contributed by atoms with Crippen molar-refractivity contribution < 1.29 is 29.7 Å². The molecule has 0 fully saturated rings.